The van der Waals surface area contributed by atoms with E-state index in [4.69, 9.17) is 39.5 Å². The lowest BCUT2D eigenvalue weighted by Crippen LogP contribution is -2.14. The van der Waals surface area contributed by atoms with Crippen LogP contribution in [0, 0.1) is 0 Å². The van der Waals surface area contributed by atoms with Crippen LogP contribution in [-0.4, -0.2) is 37.1 Å². The largest absolute Gasteiger partial charge is 0.462 e. The summed E-state index contributed by atoms with van der Waals surface area (Å²) in [4.78, 5) is 24.3. The van der Waals surface area contributed by atoms with Gasteiger partial charge in [0.25, 0.3) is 20.3 Å². The molecule has 0 bridgehead atoms. The van der Waals surface area contributed by atoms with Crippen LogP contribution in [0.15, 0.2) is 40.7 Å². The van der Waals surface area contributed by atoms with Crippen molar-refractivity contribution in [2.24, 2.45) is 0 Å². The fourth-order valence-electron chi connectivity index (χ4n) is 2.36. The van der Waals surface area contributed by atoms with Crippen molar-refractivity contribution in [1.29, 1.82) is 0 Å². The molecule has 0 spiro atoms. The first-order chi connectivity index (χ1) is 15.1. The molecule has 1 aromatic heterocycles. The van der Waals surface area contributed by atoms with Gasteiger partial charge in [0, 0.05) is 10.7 Å². The molecule has 0 fully saturated rings. The standard InChI is InChI=1S/C18H13Cl3N4O5S2/c1-2-30-16(27)12-8-10(4-6-13(12)20)25-32(28,29)18-24-23-17(31-18)22-15(26)11-5-3-9(19)7-14(11)21/h3-8,25H,2H2,1H3,(H,22,23,26). The summed E-state index contributed by atoms with van der Waals surface area (Å²) < 4.78 is 32.1. The summed E-state index contributed by atoms with van der Waals surface area (Å²) in [6, 6.07) is 8.27. The summed E-state index contributed by atoms with van der Waals surface area (Å²) in [7, 11) is -4.17. The maximum Gasteiger partial charge on any atom is 0.339 e. The third-order valence-electron chi connectivity index (χ3n) is 3.75. The molecule has 1 heterocycles. The number of amides is 1. The van der Waals surface area contributed by atoms with Crippen LogP contribution < -0.4 is 10.0 Å². The van der Waals surface area contributed by atoms with Gasteiger partial charge in [-0.15, -0.1) is 10.2 Å². The summed E-state index contributed by atoms with van der Waals surface area (Å²) in [6.07, 6.45) is 0. The molecule has 0 aliphatic heterocycles. The number of anilines is 2. The highest BCUT2D eigenvalue weighted by Gasteiger charge is 2.23. The molecule has 1 amide bonds. The molecule has 0 saturated heterocycles. The molecule has 14 heteroatoms. The second kappa shape index (κ2) is 10.0. The molecule has 0 unspecified atom stereocenters. The second-order valence-corrected chi connectivity index (χ2v) is 10.1. The minimum Gasteiger partial charge on any atom is -0.462 e. The van der Waals surface area contributed by atoms with Gasteiger partial charge < -0.3 is 4.74 Å². The van der Waals surface area contributed by atoms with E-state index in [0.717, 1.165) is 0 Å². The minimum absolute atomic E-state index is 0.00113. The van der Waals surface area contributed by atoms with Gasteiger partial charge in [-0.25, -0.2) is 4.79 Å². The predicted molar refractivity (Wildman–Crippen MR) is 123 cm³/mol. The summed E-state index contributed by atoms with van der Waals surface area (Å²) in [5.41, 5.74) is 0.186. The van der Waals surface area contributed by atoms with Crippen LogP contribution in [0.1, 0.15) is 27.6 Å². The second-order valence-electron chi connectivity index (χ2n) is 5.97. The zero-order valence-corrected chi connectivity index (χ0v) is 20.0. The predicted octanol–water partition coefficient (Wildman–Crippen LogP) is 4.73. The molecule has 2 aromatic carbocycles. The van der Waals surface area contributed by atoms with Crippen LogP contribution in [0.25, 0.3) is 0 Å². The van der Waals surface area contributed by atoms with Crippen LogP contribution >= 0.6 is 46.1 Å². The highest BCUT2D eigenvalue weighted by molar-refractivity contribution is 7.94. The number of nitrogens with zero attached hydrogens (tertiary/aromatic N) is 2. The van der Waals surface area contributed by atoms with Crippen molar-refractivity contribution in [3.05, 3.63) is 62.6 Å². The zero-order valence-electron chi connectivity index (χ0n) is 16.1. The van der Waals surface area contributed by atoms with E-state index in [2.05, 4.69) is 20.2 Å². The van der Waals surface area contributed by atoms with Gasteiger partial charge in [-0.2, -0.15) is 8.42 Å². The lowest BCUT2D eigenvalue weighted by molar-refractivity contribution is 0.0526. The topological polar surface area (TPSA) is 127 Å². The number of hydrogen-bond acceptors (Lipinski definition) is 8. The van der Waals surface area contributed by atoms with Gasteiger partial charge in [0.1, 0.15) is 0 Å². The molecule has 0 atom stereocenters. The summed E-state index contributed by atoms with van der Waals surface area (Å²) in [5, 5.41) is 10.2. The molecule has 9 nitrogen and oxygen atoms in total. The van der Waals surface area contributed by atoms with E-state index in [-0.39, 0.29) is 38.6 Å². The Kier molecular flexibility index (Phi) is 7.57. The third-order valence-corrected chi connectivity index (χ3v) is 7.21. The number of ether oxygens (including phenoxy) is 1. The number of sulfonamides is 1. The Morgan fingerprint density at radius 3 is 2.47 bits per heavy atom. The third kappa shape index (κ3) is 5.67. The average Bonchev–Trinajstić information content (AvgIpc) is 3.19. The molecule has 3 aromatic rings. The van der Waals surface area contributed by atoms with Crippen LogP contribution in [0.4, 0.5) is 10.8 Å². The molecule has 168 valence electrons. The van der Waals surface area contributed by atoms with Gasteiger partial charge in [-0.1, -0.05) is 46.1 Å². The van der Waals surface area contributed by atoms with E-state index in [1.54, 1.807) is 6.92 Å². The van der Waals surface area contributed by atoms with E-state index in [9.17, 15) is 18.0 Å². The zero-order chi connectivity index (χ0) is 23.5. The number of nitrogens with one attached hydrogen (secondary N) is 2. The van der Waals surface area contributed by atoms with Gasteiger partial charge in [-0.05, 0) is 43.3 Å². The van der Waals surface area contributed by atoms with Crippen molar-refractivity contribution in [3.8, 4) is 0 Å². The van der Waals surface area contributed by atoms with Gasteiger partial charge in [0.2, 0.25) is 5.13 Å². The molecule has 2 N–H and O–H groups in total. The average molecular weight is 536 g/mol. The first kappa shape index (κ1) is 24.2. The number of hydrogen-bond donors (Lipinski definition) is 2. The van der Waals surface area contributed by atoms with Gasteiger partial charge in [-0.3, -0.25) is 14.8 Å². The van der Waals surface area contributed by atoms with E-state index in [0.29, 0.717) is 16.4 Å². The molecule has 0 aliphatic carbocycles. The Labute approximate surface area is 201 Å². The summed E-state index contributed by atoms with van der Waals surface area (Å²) >= 11 is 18.4. The number of esters is 1. The first-order valence-electron chi connectivity index (χ1n) is 8.70. The van der Waals surface area contributed by atoms with Crippen LogP contribution in [0.3, 0.4) is 0 Å². The van der Waals surface area contributed by atoms with Gasteiger partial charge >= 0.3 is 5.97 Å². The number of halogens is 3. The molecule has 0 saturated carbocycles. The smallest absolute Gasteiger partial charge is 0.339 e. The van der Waals surface area contributed by atoms with Crippen LogP contribution in [-0.2, 0) is 14.8 Å². The first-order valence-corrected chi connectivity index (χ1v) is 12.1. The molecule has 0 radical (unpaired) electrons. The Morgan fingerprint density at radius 2 is 1.78 bits per heavy atom. The Hall–Kier alpha value is -2.44. The number of aromatic nitrogens is 2. The van der Waals surface area contributed by atoms with E-state index < -0.39 is 26.2 Å². The molecule has 0 aliphatic rings. The number of benzene rings is 2. The van der Waals surface area contributed by atoms with Gasteiger partial charge in [0.15, 0.2) is 0 Å². The highest BCUT2D eigenvalue weighted by atomic mass is 35.5. The lowest BCUT2D eigenvalue weighted by atomic mass is 10.2. The Morgan fingerprint density at radius 1 is 1.03 bits per heavy atom. The quantitative estimate of drug-likeness (QED) is 0.331. The summed E-state index contributed by atoms with van der Waals surface area (Å²) in [6.45, 7) is 1.76. The molecular formula is C18H13Cl3N4O5S2. The Balaban J connectivity index is 1.77. The van der Waals surface area contributed by atoms with Crippen LogP contribution in [0.5, 0.6) is 0 Å². The fraction of sp³-hybridized carbons (Fsp3) is 0.111. The van der Waals surface area contributed by atoms with Crippen molar-refractivity contribution in [1.82, 2.24) is 10.2 Å². The van der Waals surface area contributed by atoms with Gasteiger partial charge in [0.05, 0.1) is 27.8 Å². The maximum atomic E-state index is 12.7. The minimum atomic E-state index is -4.17. The SMILES string of the molecule is CCOC(=O)c1cc(NS(=O)(=O)c2nnc(NC(=O)c3ccc(Cl)cc3Cl)s2)ccc1Cl. The fourth-order valence-corrected chi connectivity index (χ4v) is 4.99. The van der Waals surface area contributed by atoms with E-state index in [1.807, 2.05) is 0 Å². The van der Waals surface area contributed by atoms with Crippen molar-refractivity contribution in [3.63, 3.8) is 0 Å². The highest BCUT2D eigenvalue weighted by Crippen LogP contribution is 2.27. The van der Waals surface area contributed by atoms with Crippen molar-refractivity contribution in [2.45, 2.75) is 11.3 Å². The number of rotatable bonds is 7. The molecular weight excluding hydrogens is 523 g/mol. The number of carbonyl (C=O) groups is 2. The van der Waals surface area contributed by atoms with Crippen LogP contribution in [0.2, 0.25) is 15.1 Å². The van der Waals surface area contributed by atoms with Crippen molar-refractivity contribution >= 4 is 78.9 Å². The normalized spacial score (nSPS) is 11.1. The lowest BCUT2D eigenvalue weighted by Gasteiger charge is -2.08. The van der Waals surface area contributed by atoms with E-state index >= 15 is 0 Å². The Bertz CT molecular complexity index is 1300. The van der Waals surface area contributed by atoms with Crippen molar-refractivity contribution in [2.75, 3.05) is 16.6 Å². The monoisotopic (exact) mass is 534 g/mol. The number of carbonyl (C=O) groups excluding carboxylic acids is 2. The molecule has 3 rings (SSSR count). The summed E-state index contributed by atoms with van der Waals surface area (Å²) in [5.74, 6) is -1.31. The van der Waals surface area contributed by atoms with Crippen molar-refractivity contribution < 1.29 is 22.7 Å². The maximum absolute atomic E-state index is 12.7. The van der Waals surface area contributed by atoms with E-state index in [1.165, 1.54) is 36.4 Å². The molecule has 32 heavy (non-hydrogen) atoms.